The van der Waals surface area contributed by atoms with Gasteiger partial charge in [0.1, 0.15) is 13.1 Å². The molecule has 0 radical (unpaired) electrons. The number of amides is 4. The quantitative estimate of drug-likeness (QED) is 0.557. The summed E-state index contributed by atoms with van der Waals surface area (Å²) in [5, 5.41) is 2.66. The van der Waals surface area contributed by atoms with Gasteiger partial charge < -0.3 is 15.0 Å². The third kappa shape index (κ3) is 5.03. The molecule has 1 saturated heterocycles. The highest BCUT2D eigenvalue weighted by Gasteiger charge is 2.35. The number of urea groups is 1. The Balaban J connectivity index is 1.68. The number of hydrogen-bond donors (Lipinski definition) is 1. The molecule has 1 fully saturated rings. The van der Waals surface area contributed by atoms with Crippen LogP contribution in [0.25, 0.3) is 0 Å². The molecule has 1 aromatic carbocycles. The molecular formula is C17H21N3O5. The van der Waals surface area contributed by atoms with Crippen LogP contribution in [-0.4, -0.2) is 66.9 Å². The fraction of sp³-hybridized carbons (Fsp3) is 0.412. The molecule has 134 valence electrons. The number of nitrogens with zero attached hydrogens (tertiary/aromatic N) is 2. The zero-order valence-electron chi connectivity index (χ0n) is 14.3. The van der Waals surface area contributed by atoms with Gasteiger partial charge in [-0.05, 0) is 24.5 Å². The van der Waals surface area contributed by atoms with Crippen molar-refractivity contribution in [3.05, 3.63) is 35.4 Å². The fourth-order valence-corrected chi connectivity index (χ4v) is 2.42. The highest BCUT2D eigenvalue weighted by molar-refractivity contribution is 6.04. The molecule has 8 nitrogen and oxygen atoms in total. The molecule has 4 amide bonds. The van der Waals surface area contributed by atoms with E-state index in [1.807, 2.05) is 31.2 Å². The molecule has 1 aromatic rings. The van der Waals surface area contributed by atoms with E-state index in [9.17, 15) is 19.2 Å². The second-order valence-electron chi connectivity index (χ2n) is 5.81. The van der Waals surface area contributed by atoms with E-state index in [-0.39, 0.29) is 6.54 Å². The minimum absolute atomic E-state index is 0.0640. The Bertz CT molecular complexity index is 689. The monoisotopic (exact) mass is 347 g/mol. The molecule has 0 saturated carbocycles. The van der Waals surface area contributed by atoms with Gasteiger partial charge in [0.05, 0.1) is 0 Å². The van der Waals surface area contributed by atoms with Gasteiger partial charge in [0, 0.05) is 13.6 Å². The van der Waals surface area contributed by atoms with Crippen LogP contribution in [0.5, 0.6) is 0 Å². The number of carbonyl (C=O) groups excluding carboxylic acids is 4. The van der Waals surface area contributed by atoms with Crippen LogP contribution in [0.1, 0.15) is 11.1 Å². The van der Waals surface area contributed by atoms with Crippen molar-refractivity contribution in [3.63, 3.8) is 0 Å². The Kier molecular flexibility index (Phi) is 6.10. The van der Waals surface area contributed by atoms with Gasteiger partial charge in [0.15, 0.2) is 6.61 Å². The number of aryl methyl sites for hydroxylation is 1. The van der Waals surface area contributed by atoms with Crippen LogP contribution < -0.4 is 5.32 Å². The summed E-state index contributed by atoms with van der Waals surface area (Å²) in [5.41, 5.74) is 2.28. The van der Waals surface area contributed by atoms with Gasteiger partial charge >= 0.3 is 12.0 Å². The van der Waals surface area contributed by atoms with Crippen LogP contribution in [-0.2, 0) is 25.5 Å². The Morgan fingerprint density at radius 1 is 1.24 bits per heavy atom. The first kappa shape index (κ1) is 18.4. The van der Waals surface area contributed by atoms with E-state index in [4.69, 9.17) is 4.74 Å². The van der Waals surface area contributed by atoms with Gasteiger partial charge in [0.25, 0.3) is 11.8 Å². The van der Waals surface area contributed by atoms with Gasteiger partial charge in [-0.3, -0.25) is 19.3 Å². The lowest BCUT2D eigenvalue weighted by atomic mass is 10.1. The molecule has 1 aliphatic rings. The zero-order chi connectivity index (χ0) is 18.4. The van der Waals surface area contributed by atoms with Crippen LogP contribution >= 0.6 is 0 Å². The lowest BCUT2D eigenvalue weighted by Gasteiger charge is -2.13. The highest BCUT2D eigenvalue weighted by Crippen LogP contribution is 2.08. The molecule has 2 rings (SSSR count). The van der Waals surface area contributed by atoms with Crippen LogP contribution in [0.4, 0.5) is 4.79 Å². The summed E-state index contributed by atoms with van der Waals surface area (Å²) in [4.78, 5) is 48.6. The van der Waals surface area contributed by atoms with Gasteiger partial charge in [-0.15, -0.1) is 0 Å². The summed E-state index contributed by atoms with van der Waals surface area (Å²) in [6, 6.07) is 7.32. The maximum Gasteiger partial charge on any atom is 0.327 e. The van der Waals surface area contributed by atoms with Crippen molar-refractivity contribution in [2.45, 2.75) is 13.3 Å². The van der Waals surface area contributed by atoms with Crippen LogP contribution in [0.2, 0.25) is 0 Å². The predicted molar refractivity (Wildman–Crippen MR) is 88.6 cm³/mol. The van der Waals surface area contributed by atoms with Gasteiger partial charge in [-0.2, -0.15) is 0 Å². The highest BCUT2D eigenvalue weighted by atomic mass is 16.5. The zero-order valence-corrected chi connectivity index (χ0v) is 14.3. The molecule has 1 N–H and O–H groups in total. The van der Waals surface area contributed by atoms with E-state index in [1.165, 1.54) is 11.9 Å². The molecule has 1 aliphatic heterocycles. The van der Waals surface area contributed by atoms with E-state index >= 15 is 0 Å². The maximum atomic E-state index is 11.7. The van der Waals surface area contributed by atoms with Gasteiger partial charge in [0.2, 0.25) is 0 Å². The smallest absolute Gasteiger partial charge is 0.327 e. The third-order valence-corrected chi connectivity index (χ3v) is 3.86. The molecule has 8 heteroatoms. The van der Waals surface area contributed by atoms with E-state index in [0.29, 0.717) is 13.0 Å². The molecular weight excluding hydrogens is 326 g/mol. The van der Waals surface area contributed by atoms with Crippen molar-refractivity contribution in [3.8, 4) is 0 Å². The minimum atomic E-state index is -0.800. The van der Waals surface area contributed by atoms with Crippen LogP contribution in [0.15, 0.2) is 24.3 Å². The van der Waals surface area contributed by atoms with Gasteiger partial charge in [-0.25, -0.2) is 4.79 Å². The van der Waals surface area contributed by atoms with Crippen LogP contribution in [0.3, 0.4) is 0 Å². The normalized spacial score (nSPS) is 14.0. The molecule has 0 bridgehead atoms. The summed E-state index contributed by atoms with van der Waals surface area (Å²) < 4.78 is 4.81. The Morgan fingerprint density at radius 2 is 1.96 bits per heavy atom. The summed E-state index contributed by atoms with van der Waals surface area (Å²) in [5.74, 6) is -1.70. The largest absolute Gasteiger partial charge is 0.454 e. The van der Waals surface area contributed by atoms with E-state index in [1.54, 1.807) is 0 Å². The first-order valence-electron chi connectivity index (χ1n) is 7.90. The van der Waals surface area contributed by atoms with Crippen molar-refractivity contribution in [1.82, 2.24) is 15.1 Å². The SMILES string of the molecule is Cc1ccccc1CCNC(=O)COC(=O)CN1C(=O)CN(C)C1=O. The first-order valence-corrected chi connectivity index (χ1v) is 7.90. The fourth-order valence-electron chi connectivity index (χ4n) is 2.42. The number of ether oxygens (including phenoxy) is 1. The number of likely N-dealkylation sites (N-methyl/N-ethyl adjacent to an activating group) is 1. The minimum Gasteiger partial charge on any atom is -0.454 e. The average molecular weight is 347 g/mol. The Morgan fingerprint density at radius 3 is 2.60 bits per heavy atom. The Hall–Kier alpha value is -2.90. The lowest BCUT2D eigenvalue weighted by molar-refractivity contribution is -0.150. The molecule has 25 heavy (non-hydrogen) atoms. The molecule has 0 atom stereocenters. The standard InChI is InChI=1S/C17H21N3O5/c1-12-5-3-4-6-13(12)7-8-18-14(21)11-25-16(23)10-20-15(22)9-19(2)17(20)24/h3-6H,7-11H2,1-2H3,(H,18,21). The third-order valence-electron chi connectivity index (χ3n) is 3.86. The molecule has 0 unspecified atom stereocenters. The average Bonchev–Trinajstić information content (AvgIpc) is 2.81. The predicted octanol–water partition coefficient (Wildman–Crippen LogP) is 0.0909. The number of rotatable bonds is 7. The summed E-state index contributed by atoms with van der Waals surface area (Å²) in [6.45, 7) is 1.43. The first-order chi connectivity index (χ1) is 11.9. The second-order valence-corrected chi connectivity index (χ2v) is 5.81. The Labute approximate surface area is 145 Å². The number of imide groups is 1. The van der Waals surface area contributed by atoms with Crippen molar-refractivity contribution in [2.75, 3.05) is 33.3 Å². The maximum absolute atomic E-state index is 11.7. The van der Waals surface area contributed by atoms with E-state index < -0.39 is 37.0 Å². The molecule has 0 aliphatic carbocycles. The van der Waals surface area contributed by atoms with E-state index in [2.05, 4.69) is 5.32 Å². The molecule has 0 spiro atoms. The summed E-state index contributed by atoms with van der Waals surface area (Å²) in [7, 11) is 1.47. The molecule has 0 aromatic heterocycles. The number of carbonyl (C=O) groups is 4. The number of benzene rings is 1. The van der Waals surface area contributed by atoms with Crippen molar-refractivity contribution in [2.24, 2.45) is 0 Å². The second kappa shape index (κ2) is 8.27. The van der Waals surface area contributed by atoms with E-state index in [0.717, 1.165) is 16.0 Å². The summed E-state index contributed by atoms with van der Waals surface area (Å²) in [6.07, 6.45) is 0.676. The number of nitrogens with one attached hydrogen (secondary N) is 1. The number of esters is 1. The summed E-state index contributed by atoms with van der Waals surface area (Å²) >= 11 is 0. The van der Waals surface area contributed by atoms with Crippen LogP contribution in [0, 0.1) is 6.92 Å². The van der Waals surface area contributed by atoms with Crippen molar-refractivity contribution < 1.29 is 23.9 Å². The topological polar surface area (TPSA) is 96.0 Å². The van der Waals surface area contributed by atoms with Crippen molar-refractivity contribution in [1.29, 1.82) is 0 Å². The van der Waals surface area contributed by atoms with Crippen molar-refractivity contribution >= 4 is 23.8 Å². The lowest BCUT2D eigenvalue weighted by Crippen LogP contribution is -2.38. The van der Waals surface area contributed by atoms with Gasteiger partial charge in [-0.1, -0.05) is 24.3 Å². The molecule has 1 heterocycles. The number of hydrogen-bond acceptors (Lipinski definition) is 5.